The summed E-state index contributed by atoms with van der Waals surface area (Å²) in [5.41, 5.74) is 0.522. The number of hydrogen-bond acceptors (Lipinski definition) is 4. The molecule has 7 heteroatoms. The molecular weight excluding hydrogens is 244 g/mol. The molecular formula is C12H18N6O. The highest BCUT2D eigenvalue weighted by Gasteiger charge is 2.17. The van der Waals surface area contributed by atoms with Crippen LogP contribution in [-0.4, -0.2) is 30.2 Å². The standard InChI is InChI=1S/C12H18N6O/c1-4-5-18-8-14-16-11(18)9(2)15-12(19)10-6-13-7-17(10)3/h6-9H,4-5H2,1-3H3,(H,15,19). The number of aromatic nitrogens is 5. The molecule has 2 aromatic rings. The van der Waals surface area contributed by atoms with Crippen LogP contribution in [-0.2, 0) is 13.6 Å². The van der Waals surface area contributed by atoms with Gasteiger partial charge in [0, 0.05) is 13.6 Å². The lowest BCUT2D eigenvalue weighted by Crippen LogP contribution is -2.30. The van der Waals surface area contributed by atoms with Crippen LogP contribution < -0.4 is 5.32 Å². The van der Waals surface area contributed by atoms with E-state index in [2.05, 4.69) is 27.4 Å². The quantitative estimate of drug-likeness (QED) is 0.869. The number of amides is 1. The maximum absolute atomic E-state index is 12.1. The molecule has 0 saturated carbocycles. The number of hydrogen-bond donors (Lipinski definition) is 1. The van der Waals surface area contributed by atoms with Crippen LogP contribution in [0.1, 0.15) is 42.6 Å². The van der Waals surface area contributed by atoms with Crippen molar-refractivity contribution >= 4 is 5.91 Å². The summed E-state index contributed by atoms with van der Waals surface area (Å²) < 4.78 is 3.63. The van der Waals surface area contributed by atoms with E-state index >= 15 is 0 Å². The van der Waals surface area contributed by atoms with Gasteiger partial charge in [-0.25, -0.2) is 4.98 Å². The minimum absolute atomic E-state index is 0.168. The SMILES string of the molecule is CCCn1cnnc1C(C)NC(=O)c1cncn1C. The van der Waals surface area contributed by atoms with Gasteiger partial charge in [-0.2, -0.15) is 0 Å². The lowest BCUT2D eigenvalue weighted by molar-refractivity contribution is 0.0929. The highest BCUT2D eigenvalue weighted by Crippen LogP contribution is 2.10. The number of nitrogens with one attached hydrogen (secondary N) is 1. The van der Waals surface area contributed by atoms with Crippen molar-refractivity contribution < 1.29 is 4.79 Å². The van der Waals surface area contributed by atoms with E-state index in [0.717, 1.165) is 18.8 Å². The summed E-state index contributed by atoms with van der Waals surface area (Å²) in [7, 11) is 1.78. The Morgan fingerprint density at radius 1 is 1.47 bits per heavy atom. The average molecular weight is 262 g/mol. The van der Waals surface area contributed by atoms with Crippen molar-refractivity contribution in [1.29, 1.82) is 0 Å². The Bertz CT molecular complexity index is 558. The molecule has 2 aromatic heterocycles. The van der Waals surface area contributed by atoms with Crippen LogP contribution in [0.25, 0.3) is 0 Å². The zero-order valence-electron chi connectivity index (χ0n) is 11.4. The van der Waals surface area contributed by atoms with Gasteiger partial charge in [0.15, 0.2) is 5.82 Å². The van der Waals surface area contributed by atoms with E-state index in [1.165, 1.54) is 0 Å². The predicted molar refractivity (Wildman–Crippen MR) is 69.4 cm³/mol. The van der Waals surface area contributed by atoms with Crippen LogP contribution in [0.15, 0.2) is 18.9 Å². The molecule has 19 heavy (non-hydrogen) atoms. The molecule has 1 N–H and O–H groups in total. The first-order valence-electron chi connectivity index (χ1n) is 6.28. The van der Waals surface area contributed by atoms with Crippen molar-refractivity contribution in [3.8, 4) is 0 Å². The first-order chi connectivity index (χ1) is 9.13. The summed E-state index contributed by atoms with van der Waals surface area (Å²) >= 11 is 0. The molecule has 0 aromatic carbocycles. The zero-order valence-corrected chi connectivity index (χ0v) is 11.4. The molecule has 0 aliphatic carbocycles. The van der Waals surface area contributed by atoms with Crippen LogP contribution in [0, 0.1) is 0 Å². The second-order valence-corrected chi connectivity index (χ2v) is 4.47. The maximum atomic E-state index is 12.1. The van der Waals surface area contributed by atoms with Crippen LogP contribution >= 0.6 is 0 Å². The average Bonchev–Trinajstić information content (AvgIpc) is 2.98. The van der Waals surface area contributed by atoms with E-state index in [1.807, 2.05) is 11.5 Å². The van der Waals surface area contributed by atoms with Crippen LogP contribution in [0.2, 0.25) is 0 Å². The summed E-state index contributed by atoms with van der Waals surface area (Å²) in [4.78, 5) is 16.0. The molecule has 1 atom stereocenters. The first kappa shape index (κ1) is 13.3. The number of imidazole rings is 1. The number of rotatable bonds is 5. The summed E-state index contributed by atoms with van der Waals surface area (Å²) in [5, 5.41) is 10.9. The Labute approximate surface area is 111 Å². The zero-order chi connectivity index (χ0) is 13.8. The van der Waals surface area contributed by atoms with Gasteiger partial charge in [0.05, 0.1) is 18.6 Å². The summed E-state index contributed by atoms with van der Waals surface area (Å²) in [6.07, 6.45) is 5.82. The molecule has 0 aliphatic heterocycles. The molecule has 0 spiro atoms. The highest BCUT2D eigenvalue weighted by molar-refractivity contribution is 5.92. The number of carbonyl (C=O) groups excluding carboxylic acids is 1. The van der Waals surface area contributed by atoms with Gasteiger partial charge in [0.1, 0.15) is 12.0 Å². The smallest absolute Gasteiger partial charge is 0.270 e. The summed E-state index contributed by atoms with van der Waals surface area (Å²) in [6.45, 7) is 4.82. The Kier molecular flexibility index (Phi) is 3.94. The molecule has 0 bridgehead atoms. The predicted octanol–water partition coefficient (Wildman–Crippen LogP) is 0.913. The molecule has 0 aliphatic rings. The Morgan fingerprint density at radius 2 is 2.26 bits per heavy atom. The van der Waals surface area contributed by atoms with Crippen LogP contribution in [0.5, 0.6) is 0 Å². The molecule has 1 unspecified atom stereocenters. The fourth-order valence-corrected chi connectivity index (χ4v) is 1.92. The molecule has 0 fully saturated rings. The molecule has 0 saturated heterocycles. The topological polar surface area (TPSA) is 77.6 Å². The third-order valence-corrected chi connectivity index (χ3v) is 2.89. The van der Waals surface area contributed by atoms with E-state index in [1.54, 1.807) is 30.5 Å². The number of carbonyl (C=O) groups is 1. The van der Waals surface area contributed by atoms with E-state index in [4.69, 9.17) is 0 Å². The van der Waals surface area contributed by atoms with Gasteiger partial charge in [-0.3, -0.25) is 4.79 Å². The van der Waals surface area contributed by atoms with Gasteiger partial charge < -0.3 is 14.5 Å². The first-order valence-corrected chi connectivity index (χ1v) is 6.28. The van der Waals surface area contributed by atoms with Gasteiger partial charge in [-0.15, -0.1) is 10.2 Å². The van der Waals surface area contributed by atoms with Crippen molar-refractivity contribution in [2.45, 2.75) is 32.9 Å². The van der Waals surface area contributed by atoms with Crippen molar-refractivity contribution in [3.63, 3.8) is 0 Å². The van der Waals surface area contributed by atoms with E-state index in [9.17, 15) is 4.79 Å². The van der Waals surface area contributed by atoms with Crippen molar-refractivity contribution in [1.82, 2.24) is 29.6 Å². The maximum Gasteiger partial charge on any atom is 0.270 e. The third kappa shape index (κ3) is 2.81. The Balaban J connectivity index is 2.08. The fraction of sp³-hybridized carbons (Fsp3) is 0.500. The molecule has 102 valence electrons. The Hall–Kier alpha value is -2.18. The monoisotopic (exact) mass is 262 g/mol. The molecule has 2 rings (SSSR count). The highest BCUT2D eigenvalue weighted by atomic mass is 16.2. The largest absolute Gasteiger partial charge is 0.341 e. The van der Waals surface area contributed by atoms with Crippen molar-refractivity contribution in [2.24, 2.45) is 7.05 Å². The summed E-state index contributed by atoms with van der Waals surface area (Å²) in [5.74, 6) is 0.593. The van der Waals surface area contributed by atoms with Gasteiger partial charge in [-0.05, 0) is 13.3 Å². The molecule has 0 radical (unpaired) electrons. The second kappa shape index (κ2) is 5.64. The lowest BCUT2D eigenvalue weighted by Gasteiger charge is -2.14. The minimum Gasteiger partial charge on any atom is -0.341 e. The van der Waals surface area contributed by atoms with Crippen molar-refractivity contribution in [3.05, 3.63) is 30.4 Å². The fourth-order valence-electron chi connectivity index (χ4n) is 1.92. The second-order valence-electron chi connectivity index (χ2n) is 4.47. The van der Waals surface area contributed by atoms with Gasteiger partial charge in [-0.1, -0.05) is 6.92 Å². The van der Waals surface area contributed by atoms with Gasteiger partial charge in [0.2, 0.25) is 0 Å². The van der Waals surface area contributed by atoms with Crippen LogP contribution in [0.3, 0.4) is 0 Å². The number of nitrogens with zero attached hydrogens (tertiary/aromatic N) is 5. The lowest BCUT2D eigenvalue weighted by atomic mass is 10.3. The number of aryl methyl sites for hydroxylation is 2. The Morgan fingerprint density at radius 3 is 2.89 bits per heavy atom. The molecule has 7 nitrogen and oxygen atoms in total. The molecule has 2 heterocycles. The minimum atomic E-state index is -0.198. The van der Waals surface area contributed by atoms with E-state index in [-0.39, 0.29) is 11.9 Å². The summed E-state index contributed by atoms with van der Waals surface area (Å²) in [6, 6.07) is -0.198. The van der Waals surface area contributed by atoms with Crippen LogP contribution in [0.4, 0.5) is 0 Å². The van der Waals surface area contributed by atoms with Gasteiger partial charge in [0.25, 0.3) is 5.91 Å². The van der Waals surface area contributed by atoms with Gasteiger partial charge >= 0.3 is 0 Å². The third-order valence-electron chi connectivity index (χ3n) is 2.89. The van der Waals surface area contributed by atoms with Crippen molar-refractivity contribution in [2.75, 3.05) is 0 Å². The van der Waals surface area contributed by atoms with E-state index < -0.39 is 0 Å². The van der Waals surface area contributed by atoms with E-state index in [0.29, 0.717) is 5.69 Å². The normalized spacial score (nSPS) is 12.4. The molecule has 1 amide bonds.